The van der Waals surface area contributed by atoms with Crippen LogP contribution in [0.4, 0.5) is 0 Å². The van der Waals surface area contributed by atoms with E-state index in [0.29, 0.717) is 6.04 Å². The molecule has 4 nitrogen and oxygen atoms in total. The molecule has 1 aliphatic heterocycles. The maximum atomic E-state index is 4.38. The second-order valence-corrected chi connectivity index (χ2v) is 4.78. The molecule has 0 aromatic carbocycles. The van der Waals surface area contributed by atoms with Gasteiger partial charge in [-0.05, 0) is 12.8 Å². The molecule has 1 N–H and O–H groups in total. The Morgan fingerprint density at radius 3 is 2.94 bits per heavy atom. The van der Waals surface area contributed by atoms with Crippen molar-refractivity contribution < 1.29 is 0 Å². The van der Waals surface area contributed by atoms with Crippen molar-refractivity contribution in [1.82, 2.24) is 19.8 Å². The highest BCUT2D eigenvalue weighted by molar-refractivity contribution is 4.95. The van der Waals surface area contributed by atoms with Crippen LogP contribution in [0.1, 0.15) is 32.5 Å². The van der Waals surface area contributed by atoms with Crippen LogP contribution in [-0.4, -0.2) is 40.1 Å². The van der Waals surface area contributed by atoms with Crippen molar-refractivity contribution in [3.63, 3.8) is 0 Å². The normalized spacial score (nSPS) is 16.4. The van der Waals surface area contributed by atoms with E-state index in [4.69, 9.17) is 0 Å². The molecule has 0 saturated heterocycles. The Balaban J connectivity index is 1.71. The van der Waals surface area contributed by atoms with E-state index in [1.54, 1.807) is 0 Å². The Hall–Kier alpha value is -0.870. The summed E-state index contributed by atoms with van der Waals surface area (Å²) < 4.78 is 2.25. The first-order chi connectivity index (χ1) is 8.33. The fraction of sp³-hybridized carbons (Fsp3) is 0.769. The lowest BCUT2D eigenvalue weighted by molar-refractivity contribution is 0.214. The highest BCUT2D eigenvalue weighted by Gasteiger charge is 2.15. The maximum Gasteiger partial charge on any atom is 0.122 e. The summed E-state index contributed by atoms with van der Waals surface area (Å²) in [4.78, 5) is 6.87. The van der Waals surface area contributed by atoms with Crippen molar-refractivity contribution in [3.05, 3.63) is 18.2 Å². The highest BCUT2D eigenvalue weighted by atomic mass is 15.2. The summed E-state index contributed by atoms with van der Waals surface area (Å²) >= 11 is 0. The Bertz CT molecular complexity index is 330. The molecule has 0 atom stereocenters. The van der Waals surface area contributed by atoms with E-state index in [2.05, 4.69) is 39.8 Å². The molecule has 0 amide bonds. The molecule has 1 aromatic rings. The Morgan fingerprint density at radius 1 is 1.35 bits per heavy atom. The summed E-state index contributed by atoms with van der Waals surface area (Å²) in [6.45, 7) is 9.94. The minimum absolute atomic E-state index is 0.682. The van der Waals surface area contributed by atoms with Crippen LogP contribution in [0.5, 0.6) is 0 Å². The van der Waals surface area contributed by atoms with Gasteiger partial charge in [-0.1, -0.05) is 13.8 Å². The van der Waals surface area contributed by atoms with Crippen molar-refractivity contribution in [2.45, 2.75) is 45.8 Å². The van der Waals surface area contributed by atoms with Gasteiger partial charge in [0.2, 0.25) is 0 Å². The van der Waals surface area contributed by atoms with Crippen LogP contribution < -0.4 is 5.32 Å². The van der Waals surface area contributed by atoms with Gasteiger partial charge in [0.1, 0.15) is 5.82 Å². The van der Waals surface area contributed by atoms with Crippen LogP contribution >= 0.6 is 0 Å². The zero-order valence-electron chi connectivity index (χ0n) is 11.0. The zero-order valence-corrected chi connectivity index (χ0v) is 11.0. The predicted molar refractivity (Wildman–Crippen MR) is 69.9 cm³/mol. The van der Waals surface area contributed by atoms with E-state index < -0.39 is 0 Å². The highest BCUT2D eigenvalue weighted by Crippen LogP contribution is 2.09. The van der Waals surface area contributed by atoms with Gasteiger partial charge in [0.25, 0.3) is 0 Å². The Labute approximate surface area is 104 Å². The van der Waals surface area contributed by atoms with Gasteiger partial charge in [-0.15, -0.1) is 0 Å². The molecule has 1 aromatic heterocycles. The summed E-state index contributed by atoms with van der Waals surface area (Å²) in [6, 6.07) is 0.682. The fourth-order valence-electron chi connectivity index (χ4n) is 2.42. The first kappa shape index (κ1) is 12.6. The molecule has 0 saturated carbocycles. The summed E-state index contributed by atoms with van der Waals surface area (Å²) in [5.41, 5.74) is 0. The summed E-state index contributed by atoms with van der Waals surface area (Å²) in [7, 11) is 0. The lowest BCUT2D eigenvalue weighted by Gasteiger charge is -2.28. The fourth-order valence-corrected chi connectivity index (χ4v) is 2.42. The largest absolute Gasteiger partial charge is 0.333 e. The average Bonchev–Trinajstić information content (AvgIpc) is 2.82. The predicted octanol–water partition coefficient (Wildman–Crippen LogP) is 1.48. The maximum absolute atomic E-state index is 4.38. The van der Waals surface area contributed by atoms with Crippen LogP contribution in [0, 0.1) is 0 Å². The second kappa shape index (κ2) is 6.17. The molecule has 96 valence electrons. The van der Waals surface area contributed by atoms with Crippen molar-refractivity contribution in [3.8, 4) is 0 Å². The van der Waals surface area contributed by atoms with Crippen LogP contribution in [0.25, 0.3) is 0 Å². The van der Waals surface area contributed by atoms with Crippen LogP contribution in [-0.2, 0) is 13.1 Å². The summed E-state index contributed by atoms with van der Waals surface area (Å²) in [5.74, 6) is 1.21. The SMILES string of the molecule is CCC(CC)NCCN1CCn2ccnc2C1. The van der Waals surface area contributed by atoms with Gasteiger partial charge in [0.05, 0.1) is 6.54 Å². The Morgan fingerprint density at radius 2 is 2.18 bits per heavy atom. The molecule has 0 spiro atoms. The first-order valence-corrected chi connectivity index (χ1v) is 6.79. The number of nitrogens with zero attached hydrogens (tertiary/aromatic N) is 3. The molecule has 0 radical (unpaired) electrons. The van der Waals surface area contributed by atoms with Crippen LogP contribution in [0.3, 0.4) is 0 Å². The van der Waals surface area contributed by atoms with Crippen molar-refractivity contribution in [1.29, 1.82) is 0 Å². The van der Waals surface area contributed by atoms with Gasteiger partial charge >= 0.3 is 0 Å². The molecule has 2 heterocycles. The Kier molecular flexibility index (Phi) is 4.57. The lowest BCUT2D eigenvalue weighted by atomic mass is 10.2. The number of aromatic nitrogens is 2. The summed E-state index contributed by atoms with van der Waals surface area (Å²) in [5, 5.41) is 3.62. The van der Waals surface area contributed by atoms with Crippen molar-refractivity contribution in [2.24, 2.45) is 0 Å². The quantitative estimate of drug-likeness (QED) is 0.812. The molecule has 0 bridgehead atoms. The van der Waals surface area contributed by atoms with Gasteiger partial charge < -0.3 is 9.88 Å². The monoisotopic (exact) mass is 236 g/mol. The molecule has 2 rings (SSSR count). The first-order valence-electron chi connectivity index (χ1n) is 6.79. The average molecular weight is 236 g/mol. The topological polar surface area (TPSA) is 33.1 Å². The van der Waals surface area contributed by atoms with Gasteiger partial charge in [-0.2, -0.15) is 0 Å². The zero-order chi connectivity index (χ0) is 12.1. The molecule has 1 aliphatic rings. The summed E-state index contributed by atoms with van der Waals surface area (Å²) in [6.07, 6.45) is 6.43. The second-order valence-electron chi connectivity index (χ2n) is 4.78. The molecule has 0 aliphatic carbocycles. The molecular formula is C13H24N4. The number of hydrogen-bond acceptors (Lipinski definition) is 3. The number of rotatable bonds is 6. The van der Waals surface area contributed by atoms with Crippen LogP contribution in [0.15, 0.2) is 12.4 Å². The number of hydrogen-bond donors (Lipinski definition) is 1. The molecular weight excluding hydrogens is 212 g/mol. The third kappa shape index (κ3) is 3.30. The molecule has 17 heavy (non-hydrogen) atoms. The molecule has 0 unspecified atom stereocenters. The van der Waals surface area contributed by atoms with Crippen molar-refractivity contribution in [2.75, 3.05) is 19.6 Å². The van der Waals surface area contributed by atoms with Crippen molar-refractivity contribution >= 4 is 0 Å². The van der Waals surface area contributed by atoms with E-state index in [9.17, 15) is 0 Å². The van der Waals surface area contributed by atoms with Gasteiger partial charge in [0.15, 0.2) is 0 Å². The minimum Gasteiger partial charge on any atom is -0.333 e. The lowest BCUT2D eigenvalue weighted by Crippen LogP contribution is -2.40. The van der Waals surface area contributed by atoms with Gasteiger partial charge in [-0.3, -0.25) is 4.90 Å². The molecule has 0 fully saturated rings. The standard InChI is InChI=1S/C13H24N4/c1-3-12(4-2)14-5-7-16-9-10-17-8-6-15-13(17)11-16/h6,8,12,14H,3-5,7,9-11H2,1-2H3. The smallest absolute Gasteiger partial charge is 0.122 e. The van der Waals surface area contributed by atoms with E-state index in [1.165, 1.54) is 18.7 Å². The number of imidazole rings is 1. The van der Waals surface area contributed by atoms with E-state index in [-0.39, 0.29) is 0 Å². The minimum atomic E-state index is 0.682. The van der Waals surface area contributed by atoms with E-state index in [0.717, 1.165) is 32.7 Å². The van der Waals surface area contributed by atoms with Gasteiger partial charge in [0, 0.05) is 44.6 Å². The van der Waals surface area contributed by atoms with E-state index in [1.807, 2.05) is 6.20 Å². The third-order valence-electron chi connectivity index (χ3n) is 3.67. The third-order valence-corrected chi connectivity index (χ3v) is 3.67. The number of nitrogens with one attached hydrogen (secondary N) is 1. The van der Waals surface area contributed by atoms with Gasteiger partial charge in [-0.25, -0.2) is 4.98 Å². The van der Waals surface area contributed by atoms with E-state index >= 15 is 0 Å². The van der Waals surface area contributed by atoms with Crippen LogP contribution in [0.2, 0.25) is 0 Å². The number of fused-ring (bicyclic) bond motifs is 1. The molecule has 4 heteroatoms.